The van der Waals surface area contributed by atoms with Gasteiger partial charge in [0.1, 0.15) is 5.75 Å². The smallest absolute Gasteiger partial charge is 0.206 e. The number of benzene rings is 1. The van der Waals surface area contributed by atoms with Gasteiger partial charge in [0, 0.05) is 10.9 Å². The zero-order valence-corrected chi connectivity index (χ0v) is 14.9. The summed E-state index contributed by atoms with van der Waals surface area (Å²) in [7, 11) is 1.66. The van der Waals surface area contributed by atoms with Crippen molar-refractivity contribution < 1.29 is 4.74 Å². The van der Waals surface area contributed by atoms with E-state index >= 15 is 0 Å². The lowest BCUT2D eigenvalue weighted by atomic mass is 10.2. The van der Waals surface area contributed by atoms with Crippen LogP contribution in [0, 0.1) is 0 Å². The van der Waals surface area contributed by atoms with Crippen molar-refractivity contribution in [1.29, 1.82) is 0 Å². The van der Waals surface area contributed by atoms with Gasteiger partial charge in [-0.25, -0.2) is 4.68 Å². The highest BCUT2D eigenvalue weighted by Gasteiger charge is 2.08. The first-order valence-electron chi connectivity index (χ1n) is 7.36. The summed E-state index contributed by atoms with van der Waals surface area (Å²) in [6.45, 7) is 4.29. The van der Waals surface area contributed by atoms with E-state index in [0.717, 1.165) is 26.7 Å². The van der Waals surface area contributed by atoms with Crippen LogP contribution in [0.1, 0.15) is 5.56 Å². The molecule has 0 saturated carbocycles. The number of thiophene rings is 1. The standard InChI is InChI=1S/C18H17N3OS2/c1-3-10-19-18-21(15(13-24-18)17-9-6-11-23-17)20-12-14-7-4-5-8-16(14)22-2/h3-9,11-13H,1,10H2,2H3. The summed E-state index contributed by atoms with van der Waals surface area (Å²) in [5.41, 5.74) is 1.95. The van der Waals surface area contributed by atoms with E-state index in [9.17, 15) is 0 Å². The van der Waals surface area contributed by atoms with Crippen molar-refractivity contribution in [3.05, 3.63) is 70.2 Å². The molecule has 0 amide bonds. The van der Waals surface area contributed by atoms with Gasteiger partial charge < -0.3 is 4.74 Å². The molecule has 0 radical (unpaired) electrons. The lowest BCUT2D eigenvalue weighted by molar-refractivity contribution is 0.414. The molecule has 0 aliphatic carbocycles. The number of nitrogens with zero attached hydrogens (tertiary/aromatic N) is 3. The fourth-order valence-electron chi connectivity index (χ4n) is 2.15. The average Bonchev–Trinajstić information content (AvgIpc) is 3.27. The highest BCUT2D eigenvalue weighted by Crippen LogP contribution is 2.25. The van der Waals surface area contributed by atoms with Crippen LogP contribution in [0.4, 0.5) is 0 Å². The third-order valence-corrected chi connectivity index (χ3v) is 5.01. The Kier molecular flexibility index (Phi) is 5.40. The van der Waals surface area contributed by atoms with Crippen LogP contribution in [0.3, 0.4) is 0 Å². The average molecular weight is 355 g/mol. The zero-order valence-electron chi connectivity index (χ0n) is 13.3. The summed E-state index contributed by atoms with van der Waals surface area (Å²) >= 11 is 3.25. The molecule has 1 aromatic carbocycles. The summed E-state index contributed by atoms with van der Waals surface area (Å²) in [4.78, 5) is 6.53. The van der Waals surface area contributed by atoms with Gasteiger partial charge in [0.2, 0.25) is 4.80 Å². The lowest BCUT2D eigenvalue weighted by Gasteiger charge is -2.04. The highest BCUT2D eigenvalue weighted by molar-refractivity contribution is 7.14. The minimum atomic E-state index is 0.564. The molecule has 0 spiro atoms. The predicted molar refractivity (Wildman–Crippen MR) is 102 cm³/mol. The number of para-hydroxylation sites is 1. The van der Waals surface area contributed by atoms with Crippen molar-refractivity contribution in [3.63, 3.8) is 0 Å². The van der Waals surface area contributed by atoms with Crippen molar-refractivity contribution in [2.24, 2.45) is 10.1 Å². The molecule has 2 aromatic heterocycles. The molecule has 0 fully saturated rings. The van der Waals surface area contributed by atoms with Crippen LogP contribution in [0.2, 0.25) is 0 Å². The van der Waals surface area contributed by atoms with E-state index < -0.39 is 0 Å². The van der Waals surface area contributed by atoms with Crippen LogP contribution >= 0.6 is 22.7 Å². The lowest BCUT2D eigenvalue weighted by Crippen LogP contribution is -2.12. The van der Waals surface area contributed by atoms with Crippen LogP contribution in [-0.4, -0.2) is 24.5 Å². The highest BCUT2D eigenvalue weighted by atomic mass is 32.1. The number of thiazole rings is 1. The topological polar surface area (TPSA) is 38.9 Å². The Morgan fingerprint density at radius 3 is 2.83 bits per heavy atom. The first-order chi connectivity index (χ1) is 11.8. The fraction of sp³-hybridized carbons (Fsp3) is 0.111. The molecule has 0 saturated heterocycles. The van der Waals surface area contributed by atoms with Crippen LogP contribution in [0.15, 0.2) is 69.9 Å². The molecule has 4 nitrogen and oxygen atoms in total. The molecule has 0 N–H and O–H groups in total. The van der Waals surface area contributed by atoms with Crippen LogP contribution in [-0.2, 0) is 0 Å². The van der Waals surface area contributed by atoms with Gasteiger partial charge in [-0.1, -0.05) is 24.3 Å². The fourth-order valence-corrected chi connectivity index (χ4v) is 3.79. The number of ether oxygens (including phenoxy) is 1. The van der Waals surface area contributed by atoms with Gasteiger partial charge in [-0.2, -0.15) is 5.10 Å². The first kappa shape index (κ1) is 16.4. The molecule has 0 aliphatic rings. The molecular formula is C18H17N3OS2. The quantitative estimate of drug-likeness (QED) is 0.481. The van der Waals surface area contributed by atoms with Crippen molar-refractivity contribution >= 4 is 28.9 Å². The zero-order chi connectivity index (χ0) is 16.8. The molecule has 3 aromatic rings. The minimum absolute atomic E-state index is 0.564. The normalized spacial score (nSPS) is 12.0. The number of methoxy groups -OCH3 is 1. The van der Waals surface area contributed by atoms with Gasteiger partial charge in [0.25, 0.3) is 0 Å². The Hall–Kier alpha value is -2.44. The van der Waals surface area contributed by atoms with Gasteiger partial charge in [0.05, 0.1) is 30.4 Å². The second kappa shape index (κ2) is 7.90. The summed E-state index contributed by atoms with van der Waals surface area (Å²) in [5, 5.41) is 8.79. The number of hydrogen-bond acceptors (Lipinski definition) is 5. The van der Waals surface area contributed by atoms with E-state index in [1.54, 1.807) is 42.1 Å². The van der Waals surface area contributed by atoms with Crippen molar-refractivity contribution in [2.45, 2.75) is 0 Å². The van der Waals surface area contributed by atoms with Gasteiger partial charge in [-0.05, 0) is 23.6 Å². The Labute approximate surface area is 148 Å². The molecule has 0 unspecified atom stereocenters. The van der Waals surface area contributed by atoms with Gasteiger partial charge in [-0.3, -0.25) is 4.99 Å². The van der Waals surface area contributed by atoms with E-state index in [1.807, 2.05) is 35.0 Å². The van der Waals surface area contributed by atoms with Crippen LogP contribution in [0.5, 0.6) is 5.75 Å². The predicted octanol–water partition coefficient (Wildman–Crippen LogP) is 4.26. The van der Waals surface area contributed by atoms with E-state index in [1.165, 1.54) is 0 Å². The van der Waals surface area contributed by atoms with Crippen molar-refractivity contribution in [1.82, 2.24) is 4.68 Å². The van der Waals surface area contributed by atoms with Gasteiger partial charge in [-0.15, -0.1) is 29.3 Å². The van der Waals surface area contributed by atoms with Gasteiger partial charge in [0.15, 0.2) is 0 Å². The Morgan fingerprint density at radius 1 is 1.21 bits per heavy atom. The molecule has 24 heavy (non-hydrogen) atoms. The second-order valence-corrected chi connectivity index (χ2v) is 6.59. The van der Waals surface area contributed by atoms with E-state index in [0.29, 0.717) is 6.54 Å². The molecule has 0 atom stereocenters. The third-order valence-electron chi connectivity index (χ3n) is 3.27. The molecular weight excluding hydrogens is 338 g/mol. The Morgan fingerprint density at radius 2 is 2.08 bits per heavy atom. The maximum absolute atomic E-state index is 5.38. The summed E-state index contributed by atoms with van der Waals surface area (Å²) < 4.78 is 7.25. The molecule has 0 aliphatic heterocycles. The maximum Gasteiger partial charge on any atom is 0.206 e. The number of hydrogen-bond donors (Lipinski definition) is 0. The molecule has 2 heterocycles. The largest absolute Gasteiger partial charge is 0.496 e. The molecule has 0 bridgehead atoms. The van der Waals surface area contributed by atoms with Crippen molar-refractivity contribution in [2.75, 3.05) is 13.7 Å². The Balaban J connectivity index is 2.06. The van der Waals surface area contributed by atoms with Gasteiger partial charge >= 0.3 is 0 Å². The van der Waals surface area contributed by atoms with E-state index in [2.05, 4.69) is 33.5 Å². The Bertz CT molecular complexity index is 904. The molecule has 6 heteroatoms. The number of rotatable bonds is 6. The summed E-state index contributed by atoms with van der Waals surface area (Å²) in [6, 6.07) is 11.9. The maximum atomic E-state index is 5.38. The van der Waals surface area contributed by atoms with E-state index in [4.69, 9.17) is 4.74 Å². The van der Waals surface area contributed by atoms with Crippen LogP contribution in [0.25, 0.3) is 10.6 Å². The van der Waals surface area contributed by atoms with Crippen LogP contribution < -0.4 is 9.54 Å². The molecule has 122 valence electrons. The van der Waals surface area contributed by atoms with E-state index in [-0.39, 0.29) is 0 Å². The third kappa shape index (κ3) is 3.55. The SMILES string of the molecule is C=CCN=c1scc(-c2cccs2)n1N=Cc1ccccc1OC. The first-order valence-corrected chi connectivity index (χ1v) is 9.12. The summed E-state index contributed by atoms with van der Waals surface area (Å²) in [6.07, 6.45) is 3.58. The monoisotopic (exact) mass is 355 g/mol. The molecule has 3 rings (SSSR count). The second-order valence-electron chi connectivity index (χ2n) is 4.81. The van der Waals surface area contributed by atoms with Crippen molar-refractivity contribution in [3.8, 4) is 16.3 Å². The number of aromatic nitrogens is 1. The summed E-state index contributed by atoms with van der Waals surface area (Å²) in [5.74, 6) is 0.791. The minimum Gasteiger partial charge on any atom is -0.496 e.